The van der Waals surface area contributed by atoms with Crippen LogP contribution in [0.1, 0.15) is 34.5 Å². The van der Waals surface area contributed by atoms with Crippen molar-refractivity contribution in [3.05, 3.63) is 88.3 Å². The number of benzene rings is 3. The second-order valence-electron chi connectivity index (χ2n) is 9.14. The highest BCUT2D eigenvalue weighted by molar-refractivity contribution is 7.91. The zero-order valence-corrected chi connectivity index (χ0v) is 23.6. The van der Waals surface area contributed by atoms with Crippen molar-refractivity contribution in [2.45, 2.75) is 41.4 Å². The predicted octanol–water partition coefficient (Wildman–Crippen LogP) is 4.90. The van der Waals surface area contributed by atoms with Crippen LogP contribution in [0, 0.1) is 19.7 Å². The van der Waals surface area contributed by atoms with Crippen LogP contribution >= 0.6 is 11.6 Å². The van der Waals surface area contributed by atoms with Crippen molar-refractivity contribution in [3.8, 4) is 0 Å². The van der Waals surface area contributed by atoms with E-state index in [4.69, 9.17) is 11.6 Å². The molecule has 3 aromatic carbocycles. The van der Waals surface area contributed by atoms with E-state index in [9.17, 15) is 26.0 Å². The number of aromatic amines is 1. The molecule has 0 aliphatic rings. The summed E-state index contributed by atoms with van der Waals surface area (Å²) in [4.78, 5) is 15.5. The number of fused-ring (bicyclic) bond motifs is 1. The minimum Gasteiger partial charge on any atom is -0.351 e. The summed E-state index contributed by atoms with van der Waals surface area (Å²) in [5, 5.41) is 3.32. The Hall–Kier alpha value is -3.25. The second kappa shape index (κ2) is 11.5. The average molecular weight is 592 g/mol. The molecule has 1 amide bonds. The molecule has 0 atom stereocenters. The Balaban J connectivity index is 1.49. The van der Waals surface area contributed by atoms with Crippen molar-refractivity contribution in [3.63, 3.8) is 0 Å². The van der Waals surface area contributed by atoms with Crippen molar-refractivity contribution in [2.24, 2.45) is 0 Å². The smallest absolute Gasteiger partial charge is 0.269 e. The maximum atomic E-state index is 13.8. The van der Waals surface area contributed by atoms with Gasteiger partial charge in [0.2, 0.25) is 19.9 Å². The van der Waals surface area contributed by atoms with Gasteiger partial charge in [0.1, 0.15) is 21.3 Å². The van der Waals surface area contributed by atoms with Gasteiger partial charge in [0.15, 0.2) is 0 Å². The summed E-state index contributed by atoms with van der Waals surface area (Å²) in [6.07, 6.45) is 0.737. The Labute approximate surface area is 231 Å². The van der Waals surface area contributed by atoms with Crippen molar-refractivity contribution >= 4 is 48.3 Å². The Morgan fingerprint density at radius 2 is 1.59 bits per heavy atom. The number of H-pyrrole nitrogens is 1. The molecule has 1 heterocycles. The monoisotopic (exact) mass is 591 g/mol. The van der Waals surface area contributed by atoms with Gasteiger partial charge in [-0.1, -0.05) is 29.8 Å². The molecule has 0 unspecified atom stereocenters. The molecule has 12 heteroatoms. The third kappa shape index (κ3) is 6.33. The summed E-state index contributed by atoms with van der Waals surface area (Å²) in [5.41, 5.74) is 1.85. The van der Waals surface area contributed by atoms with E-state index in [1.54, 1.807) is 38.1 Å². The van der Waals surface area contributed by atoms with Crippen molar-refractivity contribution in [1.29, 1.82) is 0 Å². The number of nitrogens with one attached hydrogen (secondary N) is 3. The Morgan fingerprint density at radius 1 is 0.923 bits per heavy atom. The van der Waals surface area contributed by atoms with Gasteiger partial charge in [-0.05, 0) is 80.3 Å². The summed E-state index contributed by atoms with van der Waals surface area (Å²) in [7, 11) is -8.11. The van der Waals surface area contributed by atoms with Crippen LogP contribution in [0.25, 0.3) is 10.9 Å². The third-order valence-corrected chi connectivity index (χ3v) is 9.57. The fourth-order valence-corrected chi connectivity index (χ4v) is 7.38. The van der Waals surface area contributed by atoms with Crippen LogP contribution in [-0.2, 0) is 19.9 Å². The molecule has 3 N–H and O–H groups in total. The van der Waals surface area contributed by atoms with Gasteiger partial charge >= 0.3 is 0 Å². The lowest BCUT2D eigenvalue weighted by Gasteiger charge is -2.10. The summed E-state index contributed by atoms with van der Waals surface area (Å²) < 4.78 is 68.3. The van der Waals surface area contributed by atoms with Gasteiger partial charge in [-0.2, -0.15) is 0 Å². The highest BCUT2D eigenvalue weighted by atomic mass is 35.5. The maximum Gasteiger partial charge on any atom is 0.269 e. The standard InChI is InChI=1S/C27H27ClFN3O5S2/c1-17-13-18(2)15-20(14-17)38(34,35)26-21-16-19(28)9-10-23(21)32-25(26)27(33)30-11-5-6-12-31-39(36,37)24-8-4-3-7-22(24)29/h3-4,7-10,13-16,31-32H,5-6,11-12H2,1-2H3,(H,30,33). The molecule has 4 aromatic rings. The van der Waals surface area contributed by atoms with E-state index in [1.165, 1.54) is 24.3 Å². The molecule has 0 saturated heterocycles. The van der Waals surface area contributed by atoms with Crippen molar-refractivity contribution in [2.75, 3.05) is 13.1 Å². The molecule has 0 radical (unpaired) electrons. The number of hydrogen-bond donors (Lipinski definition) is 3. The summed E-state index contributed by atoms with van der Waals surface area (Å²) >= 11 is 6.16. The van der Waals surface area contributed by atoms with E-state index in [1.807, 2.05) is 6.07 Å². The number of rotatable bonds is 10. The molecule has 0 spiro atoms. The van der Waals surface area contributed by atoms with Crippen LogP contribution < -0.4 is 10.0 Å². The largest absolute Gasteiger partial charge is 0.351 e. The number of halogens is 2. The fraction of sp³-hybridized carbons (Fsp3) is 0.222. The first-order chi connectivity index (χ1) is 18.4. The molecule has 0 aliphatic carbocycles. The van der Waals surface area contributed by atoms with Crippen LogP contribution in [0.15, 0.2) is 75.4 Å². The topological polar surface area (TPSA) is 125 Å². The molecular weight excluding hydrogens is 565 g/mol. The SMILES string of the molecule is Cc1cc(C)cc(S(=O)(=O)c2c(C(=O)NCCCCNS(=O)(=O)c3ccccc3F)[nH]c3ccc(Cl)cc23)c1. The van der Waals surface area contributed by atoms with Gasteiger partial charge in [-0.3, -0.25) is 4.79 Å². The molecule has 0 saturated carbocycles. The minimum atomic E-state index is -4.10. The molecule has 8 nitrogen and oxygen atoms in total. The normalized spacial score (nSPS) is 12.1. The fourth-order valence-electron chi connectivity index (χ4n) is 4.27. The summed E-state index contributed by atoms with van der Waals surface area (Å²) in [6.45, 7) is 3.77. The number of aryl methyl sites for hydroxylation is 2. The molecule has 206 valence electrons. The first kappa shape index (κ1) is 28.8. The van der Waals surface area contributed by atoms with E-state index in [-0.39, 0.29) is 28.6 Å². The van der Waals surface area contributed by atoms with Crippen LogP contribution in [-0.4, -0.2) is 40.8 Å². The van der Waals surface area contributed by atoms with Gasteiger partial charge in [-0.15, -0.1) is 0 Å². The molecule has 4 rings (SSSR count). The maximum absolute atomic E-state index is 13.8. The number of carbonyl (C=O) groups is 1. The molecule has 0 fully saturated rings. The van der Waals surface area contributed by atoms with E-state index < -0.39 is 36.5 Å². The van der Waals surface area contributed by atoms with Crippen LogP contribution in [0.2, 0.25) is 5.02 Å². The quantitative estimate of drug-likeness (QED) is 0.226. The van der Waals surface area contributed by atoms with E-state index in [0.29, 0.717) is 28.8 Å². The lowest BCUT2D eigenvalue weighted by molar-refractivity contribution is 0.0945. The number of unbranched alkanes of at least 4 members (excludes halogenated alkanes) is 1. The molecule has 1 aromatic heterocycles. The van der Waals surface area contributed by atoms with E-state index in [2.05, 4.69) is 15.0 Å². The van der Waals surface area contributed by atoms with Gasteiger partial charge in [0, 0.05) is 29.0 Å². The number of sulfonamides is 1. The summed E-state index contributed by atoms with van der Waals surface area (Å²) in [5.74, 6) is -1.47. The van der Waals surface area contributed by atoms with Crippen LogP contribution in [0.3, 0.4) is 0 Å². The highest BCUT2D eigenvalue weighted by Crippen LogP contribution is 2.34. The van der Waals surface area contributed by atoms with Gasteiger partial charge in [0.05, 0.1) is 4.90 Å². The average Bonchev–Trinajstić information content (AvgIpc) is 3.25. The summed E-state index contributed by atoms with van der Waals surface area (Å²) in [6, 6.07) is 14.7. The lowest BCUT2D eigenvalue weighted by atomic mass is 10.2. The number of hydrogen-bond acceptors (Lipinski definition) is 5. The van der Waals surface area contributed by atoms with Crippen LogP contribution in [0.5, 0.6) is 0 Å². The van der Waals surface area contributed by atoms with E-state index >= 15 is 0 Å². The zero-order chi connectivity index (χ0) is 28.4. The van der Waals surface area contributed by atoms with Gasteiger partial charge in [-0.25, -0.2) is 25.9 Å². The minimum absolute atomic E-state index is 0.0315. The predicted molar refractivity (Wildman–Crippen MR) is 148 cm³/mol. The Kier molecular flexibility index (Phi) is 8.45. The highest BCUT2D eigenvalue weighted by Gasteiger charge is 2.30. The number of carbonyl (C=O) groups excluding carboxylic acids is 1. The molecule has 39 heavy (non-hydrogen) atoms. The number of aromatic nitrogens is 1. The number of sulfone groups is 1. The first-order valence-corrected chi connectivity index (χ1v) is 15.4. The Morgan fingerprint density at radius 3 is 2.28 bits per heavy atom. The van der Waals surface area contributed by atoms with E-state index in [0.717, 1.165) is 17.2 Å². The van der Waals surface area contributed by atoms with Crippen molar-refractivity contribution in [1.82, 2.24) is 15.0 Å². The molecule has 0 bridgehead atoms. The lowest BCUT2D eigenvalue weighted by Crippen LogP contribution is -2.28. The van der Waals surface area contributed by atoms with Crippen LogP contribution in [0.4, 0.5) is 4.39 Å². The van der Waals surface area contributed by atoms with Gasteiger partial charge < -0.3 is 10.3 Å². The molecular formula is C27H27ClFN3O5S2. The first-order valence-electron chi connectivity index (χ1n) is 12.1. The second-order valence-corrected chi connectivity index (χ2v) is 13.2. The number of amides is 1. The zero-order valence-electron chi connectivity index (χ0n) is 21.2. The Bertz CT molecular complexity index is 1750. The third-order valence-electron chi connectivity index (χ3n) is 6.02. The van der Waals surface area contributed by atoms with Gasteiger partial charge in [0.25, 0.3) is 5.91 Å². The molecule has 0 aliphatic heterocycles. The van der Waals surface area contributed by atoms with Crippen molar-refractivity contribution < 1.29 is 26.0 Å².